The van der Waals surface area contributed by atoms with Crippen LogP contribution in [0.5, 0.6) is 6.01 Å². The molecule has 4 atom stereocenters. The summed E-state index contributed by atoms with van der Waals surface area (Å²) in [6.45, 7) is 5.02. The van der Waals surface area contributed by atoms with Gasteiger partial charge in [0.15, 0.2) is 11.0 Å². The van der Waals surface area contributed by atoms with Crippen molar-refractivity contribution in [2.75, 3.05) is 44.3 Å². The van der Waals surface area contributed by atoms with Gasteiger partial charge in [-0.3, -0.25) is 9.80 Å². The topological polar surface area (TPSA) is 83.9 Å². The van der Waals surface area contributed by atoms with E-state index in [9.17, 15) is 9.18 Å². The SMILES string of the molecule is CCCCOC(=O)N1[C@@H]2CC[C@H]1CN(c1nc(OC[C@@]34CCCN3C[C@H](F)C4)nc3c(F)c(Cl)ncc13)C2. The second-order valence-corrected chi connectivity index (χ2v) is 11.3. The Labute approximate surface area is 225 Å². The Morgan fingerprint density at radius 1 is 1.24 bits per heavy atom. The van der Waals surface area contributed by atoms with Gasteiger partial charge in [0.25, 0.3) is 0 Å². The number of hydrogen-bond acceptors (Lipinski definition) is 8. The molecule has 2 aromatic heterocycles. The lowest BCUT2D eigenvalue weighted by molar-refractivity contribution is 0.0776. The van der Waals surface area contributed by atoms with Crippen LogP contribution < -0.4 is 9.64 Å². The van der Waals surface area contributed by atoms with E-state index in [1.54, 1.807) is 0 Å². The standard InChI is InChI=1S/C26H33ClF2N6O3/c1-2-3-9-37-25(36)35-17-5-6-18(35)14-33(13-17)23-19-11-30-22(27)20(29)21(19)31-24(32-23)38-15-26-7-4-8-34(26)12-16(28)10-26/h11,16-18H,2-10,12-15H2,1H3/t16-,17-,18+,26+/m1/s1. The number of carbonyl (C=O) groups excluding carboxylic acids is 1. The molecule has 12 heteroatoms. The van der Waals surface area contributed by atoms with Crippen LogP contribution in [-0.4, -0.2) is 94.0 Å². The van der Waals surface area contributed by atoms with E-state index in [0.717, 1.165) is 45.1 Å². The third kappa shape index (κ3) is 4.51. The molecule has 4 fully saturated rings. The number of alkyl halides is 1. The smallest absolute Gasteiger partial charge is 0.410 e. The summed E-state index contributed by atoms with van der Waals surface area (Å²) in [4.78, 5) is 31.9. The molecule has 4 aliphatic rings. The first-order chi connectivity index (χ1) is 18.4. The van der Waals surface area contributed by atoms with Gasteiger partial charge in [0.05, 0.1) is 29.6 Å². The van der Waals surface area contributed by atoms with Crippen molar-refractivity contribution in [2.24, 2.45) is 0 Å². The highest BCUT2D eigenvalue weighted by atomic mass is 35.5. The van der Waals surface area contributed by atoms with E-state index in [1.165, 1.54) is 6.20 Å². The Morgan fingerprint density at radius 2 is 2.03 bits per heavy atom. The maximum absolute atomic E-state index is 15.1. The molecule has 0 N–H and O–H groups in total. The summed E-state index contributed by atoms with van der Waals surface area (Å²) in [6.07, 6.45) is 6.09. The van der Waals surface area contributed by atoms with E-state index in [2.05, 4.69) is 26.7 Å². The summed E-state index contributed by atoms with van der Waals surface area (Å²) in [6, 6.07) is -0.0347. The van der Waals surface area contributed by atoms with Crippen molar-refractivity contribution in [3.63, 3.8) is 0 Å². The molecule has 1 amide bonds. The number of unbranched alkanes of at least 4 members (excludes halogenated alkanes) is 1. The van der Waals surface area contributed by atoms with E-state index in [-0.39, 0.29) is 47.0 Å². The number of anilines is 1. The quantitative estimate of drug-likeness (QED) is 0.371. The highest BCUT2D eigenvalue weighted by molar-refractivity contribution is 6.30. The highest BCUT2D eigenvalue weighted by Crippen LogP contribution is 2.41. The van der Waals surface area contributed by atoms with E-state index in [4.69, 9.17) is 26.1 Å². The van der Waals surface area contributed by atoms with E-state index >= 15 is 4.39 Å². The van der Waals surface area contributed by atoms with Crippen molar-refractivity contribution >= 4 is 34.4 Å². The molecule has 2 aromatic rings. The average molecular weight is 551 g/mol. The number of piperazine rings is 1. The number of rotatable bonds is 7. The molecule has 0 unspecified atom stereocenters. The number of aromatic nitrogens is 3. The molecule has 2 bridgehead atoms. The van der Waals surface area contributed by atoms with Gasteiger partial charge in [0, 0.05) is 32.3 Å². The Balaban J connectivity index is 1.27. The summed E-state index contributed by atoms with van der Waals surface area (Å²) >= 11 is 6.00. The van der Waals surface area contributed by atoms with Gasteiger partial charge in [0.2, 0.25) is 0 Å². The molecule has 9 nitrogen and oxygen atoms in total. The van der Waals surface area contributed by atoms with Gasteiger partial charge in [-0.25, -0.2) is 18.6 Å². The predicted molar refractivity (Wildman–Crippen MR) is 138 cm³/mol. The van der Waals surface area contributed by atoms with E-state index in [0.29, 0.717) is 43.9 Å². The van der Waals surface area contributed by atoms with Crippen LogP contribution in [-0.2, 0) is 4.74 Å². The molecule has 6 rings (SSSR count). The number of pyridine rings is 1. The van der Waals surface area contributed by atoms with E-state index in [1.807, 2.05) is 4.90 Å². The van der Waals surface area contributed by atoms with Gasteiger partial charge in [-0.2, -0.15) is 9.97 Å². The lowest BCUT2D eigenvalue weighted by atomic mass is 9.95. The largest absolute Gasteiger partial charge is 0.461 e. The molecule has 4 saturated heterocycles. The lowest BCUT2D eigenvalue weighted by Gasteiger charge is -2.41. The summed E-state index contributed by atoms with van der Waals surface area (Å²) in [5.74, 6) is -0.233. The number of nitrogens with zero attached hydrogens (tertiary/aromatic N) is 6. The molecule has 0 radical (unpaired) electrons. The van der Waals surface area contributed by atoms with Crippen LogP contribution in [0, 0.1) is 5.82 Å². The molecule has 4 aliphatic heterocycles. The molecular weight excluding hydrogens is 518 g/mol. The van der Waals surface area contributed by atoms with Gasteiger partial charge < -0.3 is 14.4 Å². The fraction of sp³-hybridized carbons (Fsp3) is 0.692. The number of halogens is 3. The number of carbonyl (C=O) groups is 1. The minimum atomic E-state index is -0.880. The zero-order valence-corrected chi connectivity index (χ0v) is 22.3. The summed E-state index contributed by atoms with van der Waals surface area (Å²) in [5, 5.41) is 0.160. The Bertz CT molecular complexity index is 1210. The normalized spacial score (nSPS) is 28.8. The fourth-order valence-electron chi connectivity index (χ4n) is 6.70. The fourth-order valence-corrected chi connectivity index (χ4v) is 6.84. The molecule has 206 valence electrons. The zero-order valence-electron chi connectivity index (χ0n) is 21.5. The van der Waals surface area contributed by atoms with Crippen molar-refractivity contribution in [3.8, 4) is 6.01 Å². The van der Waals surface area contributed by atoms with Crippen LogP contribution in [0.4, 0.5) is 19.4 Å². The number of hydrogen-bond donors (Lipinski definition) is 0. The third-order valence-corrected chi connectivity index (χ3v) is 8.81. The minimum absolute atomic E-state index is 0.0333. The van der Waals surface area contributed by atoms with Gasteiger partial charge >= 0.3 is 12.1 Å². The van der Waals surface area contributed by atoms with Gasteiger partial charge in [0.1, 0.15) is 24.1 Å². The molecule has 0 aromatic carbocycles. The van der Waals surface area contributed by atoms with Crippen LogP contribution in [0.3, 0.4) is 0 Å². The first-order valence-electron chi connectivity index (χ1n) is 13.6. The van der Waals surface area contributed by atoms with Crippen LogP contribution in [0.1, 0.15) is 51.9 Å². The van der Waals surface area contributed by atoms with Gasteiger partial charge in [-0.15, -0.1) is 0 Å². The van der Waals surface area contributed by atoms with Gasteiger partial charge in [-0.1, -0.05) is 24.9 Å². The number of amides is 1. The molecule has 38 heavy (non-hydrogen) atoms. The van der Waals surface area contributed by atoms with Crippen molar-refractivity contribution in [1.82, 2.24) is 24.8 Å². The highest BCUT2D eigenvalue weighted by Gasteiger charge is 2.49. The Morgan fingerprint density at radius 3 is 2.79 bits per heavy atom. The van der Waals surface area contributed by atoms with Crippen molar-refractivity contribution in [3.05, 3.63) is 17.2 Å². The van der Waals surface area contributed by atoms with Crippen molar-refractivity contribution in [1.29, 1.82) is 0 Å². The number of ether oxygens (including phenoxy) is 2. The van der Waals surface area contributed by atoms with Crippen molar-refractivity contribution < 1.29 is 23.0 Å². The van der Waals surface area contributed by atoms with Crippen LogP contribution >= 0.6 is 11.6 Å². The lowest BCUT2D eigenvalue weighted by Crippen LogP contribution is -2.56. The van der Waals surface area contributed by atoms with Crippen LogP contribution in [0.15, 0.2) is 6.20 Å². The van der Waals surface area contributed by atoms with Gasteiger partial charge in [-0.05, 0) is 38.6 Å². The van der Waals surface area contributed by atoms with Crippen LogP contribution in [0.25, 0.3) is 10.9 Å². The molecule has 0 aliphatic carbocycles. The second kappa shape index (κ2) is 10.2. The first-order valence-corrected chi connectivity index (χ1v) is 14.0. The Hall–Kier alpha value is -2.53. The predicted octanol–water partition coefficient (Wildman–Crippen LogP) is 4.36. The maximum Gasteiger partial charge on any atom is 0.410 e. The van der Waals surface area contributed by atoms with Crippen LogP contribution in [0.2, 0.25) is 5.15 Å². The molecule has 0 spiro atoms. The summed E-state index contributed by atoms with van der Waals surface area (Å²) in [7, 11) is 0. The third-order valence-electron chi connectivity index (χ3n) is 8.55. The average Bonchev–Trinajstić information content (AvgIpc) is 3.52. The monoisotopic (exact) mass is 550 g/mol. The zero-order chi connectivity index (χ0) is 26.4. The summed E-state index contributed by atoms with van der Waals surface area (Å²) in [5.41, 5.74) is -0.343. The maximum atomic E-state index is 15.1. The van der Waals surface area contributed by atoms with E-state index < -0.39 is 12.0 Å². The molecular formula is C26H33ClF2N6O3. The first kappa shape index (κ1) is 25.7. The summed E-state index contributed by atoms with van der Waals surface area (Å²) < 4.78 is 41.0. The van der Waals surface area contributed by atoms with Crippen molar-refractivity contribution in [2.45, 2.75) is 75.7 Å². The molecule has 0 saturated carbocycles. The second-order valence-electron chi connectivity index (χ2n) is 11.0. The minimum Gasteiger partial charge on any atom is -0.461 e. The number of fused-ring (bicyclic) bond motifs is 4. The Kier molecular flexibility index (Phi) is 6.92. The molecule has 6 heterocycles.